The number of ether oxygens (including phenoxy) is 2. The summed E-state index contributed by atoms with van der Waals surface area (Å²) in [6.07, 6.45) is -8.19. The van der Waals surface area contributed by atoms with Crippen molar-refractivity contribution in [3.63, 3.8) is 0 Å². The summed E-state index contributed by atoms with van der Waals surface area (Å²) in [5, 5.41) is 0. The average Bonchev–Trinajstić information content (AvgIpc) is 2.82. The molecular weight excluding hydrogens is 199 g/mol. The smallest absolute Gasteiger partial charge is 0.371 e. The van der Waals surface area contributed by atoms with Crippen LogP contribution in [0.25, 0.3) is 0 Å². The lowest BCUT2D eigenvalue weighted by Crippen LogP contribution is -2.24. The normalized spacial score (nSPS) is 21.5. The first-order valence-corrected chi connectivity index (χ1v) is 3.28. The average molecular weight is 204 g/mol. The number of hydrogen-bond donors (Lipinski definition) is 0. The molecule has 76 valence electrons. The Morgan fingerprint density at radius 3 is 2.31 bits per heavy atom. The molecule has 1 saturated heterocycles. The molecular formula is C6H5F5O2. The van der Waals surface area contributed by atoms with E-state index in [0.717, 1.165) is 0 Å². The second kappa shape index (κ2) is 3.59. The van der Waals surface area contributed by atoms with Gasteiger partial charge >= 0.3 is 12.2 Å². The van der Waals surface area contributed by atoms with Gasteiger partial charge < -0.3 is 9.47 Å². The molecule has 1 unspecified atom stereocenters. The Bertz CT molecular complexity index is 219. The molecule has 0 aliphatic carbocycles. The van der Waals surface area contributed by atoms with Crippen molar-refractivity contribution in [1.82, 2.24) is 0 Å². The first-order chi connectivity index (χ1) is 5.93. The summed E-state index contributed by atoms with van der Waals surface area (Å²) < 4.78 is 67.3. The molecule has 1 rings (SSSR count). The van der Waals surface area contributed by atoms with Gasteiger partial charge in [0.25, 0.3) is 5.83 Å². The van der Waals surface area contributed by atoms with Gasteiger partial charge in [0.15, 0.2) is 0 Å². The van der Waals surface area contributed by atoms with Crippen LogP contribution in [0, 0.1) is 0 Å². The summed E-state index contributed by atoms with van der Waals surface area (Å²) in [5.74, 6) is -2.85. The monoisotopic (exact) mass is 204 g/mol. The Kier molecular flexibility index (Phi) is 2.87. The summed E-state index contributed by atoms with van der Waals surface area (Å²) in [5.41, 5.74) is 0. The van der Waals surface area contributed by atoms with Crippen LogP contribution in [0.15, 0.2) is 11.9 Å². The van der Waals surface area contributed by atoms with Crippen molar-refractivity contribution in [2.45, 2.75) is 12.2 Å². The molecule has 1 fully saturated rings. The van der Waals surface area contributed by atoms with Gasteiger partial charge in [-0.05, 0) is 0 Å². The minimum Gasteiger partial charge on any atom is -0.371 e. The summed E-state index contributed by atoms with van der Waals surface area (Å²) in [6.45, 7) is -0.382. The van der Waals surface area contributed by atoms with Crippen molar-refractivity contribution in [3.8, 4) is 0 Å². The Morgan fingerprint density at radius 2 is 1.92 bits per heavy atom. The van der Waals surface area contributed by atoms with E-state index < -0.39 is 30.7 Å². The molecule has 0 bridgehead atoms. The van der Waals surface area contributed by atoms with Gasteiger partial charge in [0, 0.05) is 0 Å². The first kappa shape index (κ1) is 10.4. The lowest BCUT2D eigenvalue weighted by atomic mass is 10.5. The highest BCUT2D eigenvalue weighted by atomic mass is 19.3. The zero-order valence-corrected chi connectivity index (χ0v) is 6.20. The Morgan fingerprint density at radius 1 is 1.38 bits per heavy atom. The van der Waals surface area contributed by atoms with Crippen LogP contribution >= 0.6 is 0 Å². The Labute approximate surface area is 69.9 Å². The van der Waals surface area contributed by atoms with E-state index in [2.05, 4.69) is 9.47 Å². The third-order valence-corrected chi connectivity index (χ3v) is 1.27. The van der Waals surface area contributed by atoms with Crippen LogP contribution in [0.2, 0.25) is 0 Å². The molecule has 0 aromatic rings. The fourth-order valence-corrected chi connectivity index (χ4v) is 0.535. The van der Waals surface area contributed by atoms with Crippen LogP contribution in [0.1, 0.15) is 0 Å². The number of hydrogen-bond acceptors (Lipinski definition) is 2. The van der Waals surface area contributed by atoms with E-state index in [1.807, 2.05) is 0 Å². The van der Waals surface area contributed by atoms with Gasteiger partial charge in [-0.15, -0.1) is 0 Å². The quantitative estimate of drug-likeness (QED) is 0.516. The first-order valence-electron chi connectivity index (χ1n) is 3.28. The van der Waals surface area contributed by atoms with Crippen molar-refractivity contribution in [2.75, 3.05) is 13.2 Å². The molecule has 0 aromatic carbocycles. The van der Waals surface area contributed by atoms with E-state index in [4.69, 9.17) is 0 Å². The van der Waals surface area contributed by atoms with Gasteiger partial charge in [-0.25, -0.2) is 0 Å². The van der Waals surface area contributed by atoms with Crippen LogP contribution in [0.5, 0.6) is 0 Å². The fourth-order valence-electron chi connectivity index (χ4n) is 0.535. The number of halogens is 5. The van der Waals surface area contributed by atoms with E-state index in [1.165, 1.54) is 0 Å². The highest BCUT2D eigenvalue weighted by Crippen LogP contribution is 2.31. The lowest BCUT2D eigenvalue weighted by Gasteiger charge is -2.12. The maximum Gasteiger partial charge on any atom is 0.414 e. The van der Waals surface area contributed by atoms with Crippen molar-refractivity contribution in [1.29, 1.82) is 0 Å². The molecule has 0 spiro atoms. The predicted octanol–water partition coefficient (Wildman–Crippen LogP) is 2.07. The molecule has 0 amide bonds. The van der Waals surface area contributed by atoms with Crippen molar-refractivity contribution in [3.05, 3.63) is 11.9 Å². The Hall–Kier alpha value is -0.690. The molecule has 0 N–H and O–H groups in total. The molecule has 0 saturated carbocycles. The van der Waals surface area contributed by atoms with E-state index in [0.29, 0.717) is 0 Å². The predicted molar refractivity (Wildman–Crippen MR) is 31.0 cm³/mol. The maximum absolute atomic E-state index is 12.3. The Balaban J connectivity index is 2.47. The largest absolute Gasteiger partial charge is 0.414 e. The third-order valence-electron chi connectivity index (χ3n) is 1.27. The molecule has 1 aliphatic heterocycles. The fraction of sp³-hybridized carbons (Fsp3) is 0.667. The van der Waals surface area contributed by atoms with E-state index in [9.17, 15) is 22.0 Å². The molecule has 2 nitrogen and oxygen atoms in total. The van der Waals surface area contributed by atoms with Crippen molar-refractivity contribution >= 4 is 0 Å². The molecule has 0 radical (unpaired) electrons. The number of alkyl halides is 2. The number of rotatable bonds is 4. The van der Waals surface area contributed by atoms with E-state index >= 15 is 0 Å². The number of epoxide rings is 1. The molecule has 1 aliphatic rings. The van der Waals surface area contributed by atoms with Gasteiger partial charge in [0.05, 0.1) is 13.2 Å². The zero-order chi connectivity index (χ0) is 10.1. The van der Waals surface area contributed by atoms with E-state index in [-0.39, 0.29) is 6.61 Å². The van der Waals surface area contributed by atoms with Gasteiger partial charge in [0.1, 0.15) is 6.10 Å². The topological polar surface area (TPSA) is 21.8 Å². The SMILES string of the molecule is FC(F)=C(F)C(F)(F)OCC1CO1. The molecule has 13 heavy (non-hydrogen) atoms. The van der Waals surface area contributed by atoms with Crippen molar-refractivity contribution < 1.29 is 31.4 Å². The van der Waals surface area contributed by atoms with Gasteiger partial charge in [-0.1, -0.05) is 0 Å². The standard InChI is InChI=1S/C6H5F5O2/c7-4(5(8)9)6(10,11)13-2-3-1-12-3/h3H,1-2H2. The highest BCUT2D eigenvalue weighted by Gasteiger charge is 2.42. The summed E-state index contributed by atoms with van der Waals surface area (Å²) in [7, 11) is 0. The summed E-state index contributed by atoms with van der Waals surface area (Å²) in [4.78, 5) is 0. The maximum atomic E-state index is 12.3. The van der Waals surface area contributed by atoms with Crippen LogP contribution in [-0.4, -0.2) is 25.4 Å². The van der Waals surface area contributed by atoms with Gasteiger partial charge in [0.2, 0.25) is 0 Å². The van der Waals surface area contributed by atoms with Crippen LogP contribution < -0.4 is 0 Å². The molecule has 1 heterocycles. The molecule has 7 heteroatoms. The van der Waals surface area contributed by atoms with Crippen LogP contribution in [0.4, 0.5) is 22.0 Å². The second-order valence-corrected chi connectivity index (χ2v) is 2.36. The summed E-state index contributed by atoms with van der Waals surface area (Å²) in [6, 6.07) is 0. The molecule has 1 atom stereocenters. The van der Waals surface area contributed by atoms with E-state index in [1.54, 1.807) is 0 Å². The summed E-state index contributed by atoms with van der Waals surface area (Å²) >= 11 is 0. The second-order valence-electron chi connectivity index (χ2n) is 2.36. The minimum atomic E-state index is -4.56. The zero-order valence-electron chi connectivity index (χ0n) is 6.20. The van der Waals surface area contributed by atoms with Gasteiger partial charge in [-0.2, -0.15) is 22.0 Å². The lowest BCUT2D eigenvalue weighted by molar-refractivity contribution is -0.224. The van der Waals surface area contributed by atoms with Gasteiger partial charge in [-0.3, -0.25) is 0 Å². The van der Waals surface area contributed by atoms with Crippen LogP contribution in [0.3, 0.4) is 0 Å². The highest BCUT2D eigenvalue weighted by molar-refractivity contribution is 4.99. The molecule has 0 aromatic heterocycles. The van der Waals surface area contributed by atoms with Crippen LogP contribution in [-0.2, 0) is 9.47 Å². The third kappa shape index (κ3) is 2.92. The van der Waals surface area contributed by atoms with Crippen molar-refractivity contribution in [2.24, 2.45) is 0 Å². The minimum absolute atomic E-state index is 0.222.